The quantitative estimate of drug-likeness (QED) is 0.732. The van der Waals surface area contributed by atoms with Gasteiger partial charge in [0.2, 0.25) is 0 Å². The minimum atomic E-state index is 0.0249. The summed E-state index contributed by atoms with van der Waals surface area (Å²) < 4.78 is 0. The van der Waals surface area contributed by atoms with E-state index in [-0.39, 0.29) is 6.10 Å². The summed E-state index contributed by atoms with van der Waals surface area (Å²) in [5.41, 5.74) is 0. The van der Waals surface area contributed by atoms with E-state index < -0.39 is 0 Å². The molecule has 2 saturated carbocycles. The molecule has 3 unspecified atom stereocenters. The van der Waals surface area contributed by atoms with Crippen molar-refractivity contribution in [1.82, 2.24) is 0 Å². The van der Waals surface area contributed by atoms with Crippen molar-refractivity contribution in [2.45, 2.75) is 70.8 Å². The van der Waals surface area contributed by atoms with Gasteiger partial charge in [-0.05, 0) is 43.4 Å². The van der Waals surface area contributed by atoms with Crippen LogP contribution in [0.5, 0.6) is 0 Å². The molecule has 3 atom stereocenters. The number of hydrogen-bond acceptors (Lipinski definition) is 1. The summed E-state index contributed by atoms with van der Waals surface area (Å²) in [6.07, 6.45) is 12.0. The summed E-state index contributed by atoms with van der Waals surface area (Å²) in [4.78, 5) is 0. The van der Waals surface area contributed by atoms with E-state index in [1.165, 1.54) is 51.4 Å². The van der Waals surface area contributed by atoms with E-state index >= 15 is 0 Å². The highest BCUT2D eigenvalue weighted by Gasteiger charge is 2.30. The van der Waals surface area contributed by atoms with Gasteiger partial charge in [-0.25, -0.2) is 0 Å². The Morgan fingerprint density at radius 1 is 0.933 bits per heavy atom. The van der Waals surface area contributed by atoms with Crippen LogP contribution in [0.2, 0.25) is 0 Å². The molecule has 0 spiro atoms. The maximum absolute atomic E-state index is 9.99. The largest absolute Gasteiger partial charge is 0.393 e. The highest BCUT2D eigenvalue weighted by molar-refractivity contribution is 4.82. The lowest BCUT2D eigenvalue weighted by Gasteiger charge is -2.33. The molecular formula is C14H26O. The molecule has 2 aliphatic carbocycles. The Hall–Kier alpha value is -0.0400. The van der Waals surface area contributed by atoms with E-state index in [1.54, 1.807) is 0 Å². The van der Waals surface area contributed by atoms with Gasteiger partial charge in [-0.2, -0.15) is 0 Å². The second-order valence-electron chi connectivity index (χ2n) is 5.82. The average Bonchev–Trinajstić information content (AvgIpc) is 3.03. The molecule has 2 rings (SSSR count). The van der Waals surface area contributed by atoms with Crippen LogP contribution in [-0.4, -0.2) is 11.2 Å². The van der Waals surface area contributed by atoms with Crippen LogP contribution in [0, 0.1) is 17.8 Å². The average molecular weight is 210 g/mol. The molecule has 15 heavy (non-hydrogen) atoms. The van der Waals surface area contributed by atoms with Crippen molar-refractivity contribution in [3.63, 3.8) is 0 Å². The molecule has 0 heterocycles. The first-order chi connectivity index (χ1) is 7.29. The molecule has 0 bridgehead atoms. The van der Waals surface area contributed by atoms with Crippen LogP contribution < -0.4 is 0 Å². The summed E-state index contributed by atoms with van der Waals surface area (Å²) in [5, 5.41) is 9.99. The molecule has 88 valence electrons. The fraction of sp³-hybridized carbons (Fsp3) is 1.00. The van der Waals surface area contributed by atoms with E-state index in [4.69, 9.17) is 0 Å². The molecule has 0 aromatic carbocycles. The van der Waals surface area contributed by atoms with Gasteiger partial charge in [-0.15, -0.1) is 0 Å². The number of rotatable bonds is 5. The Kier molecular flexibility index (Phi) is 4.07. The predicted molar refractivity (Wildman–Crippen MR) is 63.7 cm³/mol. The first-order valence-electron chi connectivity index (χ1n) is 6.97. The van der Waals surface area contributed by atoms with Crippen molar-refractivity contribution in [1.29, 1.82) is 0 Å². The highest BCUT2D eigenvalue weighted by atomic mass is 16.3. The van der Waals surface area contributed by atoms with Gasteiger partial charge in [0.25, 0.3) is 0 Å². The monoisotopic (exact) mass is 210 g/mol. The van der Waals surface area contributed by atoms with Crippen LogP contribution in [0.1, 0.15) is 64.7 Å². The number of aliphatic hydroxyl groups excluding tert-OH is 1. The molecule has 0 radical (unpaired) electrons. The molecule has 0 aromatic heterocycles. The van der Waals surface area contributed by atoms with Gasteiger partial charge in [0.15, 0.2) is 0 Å². The van der Waals surface area contributed by atoms with Crippen LogP contribution in [0.25, 0.3) is 0 Å². The topological polar surface area (TPSA) is 20.2 Å². The smallest absolute Gasteiger partial charge is 0.0568 e. The SMILES string of the molecule is CCCC1CCC(O)C(CCC2CC2)C1. The normalized spacial score (nSPS) is 36.8. The number of hydrogen-bond donors (Lipinski definition) is 1. The van der Waals surface area contributed by atoms with E-state index in [0.717, 1.165) is 18.3 Å². The third kappa shape index (κ3) is 3.48. The predicted octanol–water partition coefficient (Wildman–Crippen LogP) is 3.75. The second-order valence-corrected chi connectivity index (χ2v) is 5.82. The fourth-order valence-electron chi connectivity index (χ4n) is 3.18. The molecule has 1 N–H and O–H groups in total. The van der Waals surface area contributed by atoms with E-state index in [0.29, 0.717) is 5.92 Å². The standard InChI is InChI=1S/C14H26O/c1-2-3-12-7-9-14(15)13(10-12)8-6-11-4-5-11/h11-15H,2-10H2,1H3. The van der Waals surface area contributed by atoms with Crippen LogP contribution in [0.4, 0.5) is 0 Å². The summed E-state index contributed by atoms with van der Waals surface area (Å²) in [5.74, 6) is 2.59. The Morgan fingerprint density at radius 2 is 1.67 bits per heavy atom. The molecule has 0 aromatic rings. The van der Waals surface area contributed by atoms with Gasteiger partial charge in [0.05, 0.1) is 6.10 Å². The van der Waals surface area contributed by atoms with Crippen molar-refractivity contribution in [2.24, 2.45) is 17.8 Å². The first kappa shape index (κ1) is 11.4. The first-order valence-corrected chi connectivity index (χ1v) is 6.97. The summed E-state index contributed by atoms with van der Waals surface area (Å²) in [6.45, 7) is 2.28. The van der Waals surface area contributed by atoms with Crippen molar-refractivity contribution >= 4 is 0 Å². The maximum Gasteiger partial charge on any atom is 0.0568 e. The van der Waals surface area contributed by atoms with Gasteiger partial charge in [-0.1, -0.05) is 39.0 Å². The van der Waals surface area contributed by atoms with Crippen molar-refractivity contribution in [3.05, 3.63) is 0 Å². The van der Waals surface area contributed by atoms with Crippen LogP contribution >= 0.6 is 0 Å². The molecule has 1 heteroatoms. The van der Waals surface area contributed by atoms with Crippen molar-refractivity contribution in [2.75, 3.05) is 0 Å². The van der Waals surface area contributed by atoms with Crippen molar-refractivity contribution < 1.29 is 5.11 Å². The zero-order valence-corrected chi connectivity index (χ0v) is 10.1. The van der Waals surface area contributed by atoms with E-state index in [2.05, 4.69) is 6.92 Å². The molecule has 1 nitrogen and oxygen atoms in total. The lowest BCUT2D eigenvalue weighted by molar-refractivity contribution is 0.0402. The summed E-state index contributed by atoms with van der Waals surface area (Å²) >= 11 is 0. The second kappa shape index (κ2) is 5.34. The molecule has 0 saturated heterocycles. The summed E-state index contributed by atoms with van der Waals surface area (Å²) in [7, 11) is 0. The van der Waals surface area contributed by atoms with Crippen LogP contribution in [0.15, 0.2) is 0 Å². The maximum atomic E-state index is 9.99. The Bertz CT molecular complexity index is 186. The fourth-order valence-corrected chi connectivity index (χ4v) is 3.18. The zero-order chi connectivity index (χ0) is 10.7. The lowest BCUT2D eigenvalue weighted by atomic mass is 9.75. The van der Waals surface area contributed by atoms with E-state index in [1.807, 2.05) is 0 Å². The molecule has 2 aliphatic rings. The summed E-state index contributed by atoms with van der Waals surface area (Å²) in [6, 6.07) is 0. The molecule has 2 fully saturated rings. The molecule has 0 amide bonds. The zero-order valence-electron chi connectivity index (χ0n) is 10.1. The van der Waals surface area contributed by atoms with E-state index in [9.17, 15) is 5.11 Å². The van der Waals surface area contributed by atoms with Gasteiger partial charge in [-0.3, -0.25) is 0 Å². The van der Waals surface area contributed by atoms with Gasteiger partial charge in [0, 0.05) is 0 Å². The van der Waals surface area contributed by atoms with Crippen LogP contribution in [0.3, 0.4) is 0 Å². The van der Waals surface area contributed by atoms with Crippen LogP contribution in [-0.2, 0) is 0 Å². The Balaban J connectivity index is 1.73. The lowest BCUT2D eigenvalue weighted by Crippen LogP contribution is -2.29. The third-order valence-electron chi connectivity index (χ3n) is 4.39. The van der Waals surface area contributed by atoms with Gasteiger partial charge < -0.3 is 5.11 Å². The Labute approximate surface area is 94.3 Å². The molecular weight excluding hydrogens is 184 g/mol. The van der Waals surface area contributed by atoms with Gasteiger partial charge >= 0.3 is 0 Å². The Morgan fingerprint density at radius 3 is 2.33 bits per heavy atom. The minimum absolute atomic E-state index is 0.0249. The number of aliphatic hydroxyl groups is 1. The molecule has 0 aliphatic heterocycles. The van der Waals surface area contributed by atoms with Crippen molar-refractivity contribution in [3.8, 4) is 0 Å². The minimum Gasteiger partial charge on any atom is -0.393 e. The highest BCUT2D eigenvalue weighted by Crippen LogP contribution is 2.39. The third-order valence-corrected chi connectivity index (χ3v) is 4.39. The van der Waals surface area contributed by atoms with Gasteiger partial charge in [0.1, 0.15) is 0 Å².